The van der Waals surface area contributed by atoms with Gasteiger partial charge in [0.05, 0.1) is 6.10 Å². The van der Waals surface area contributed by atoms with Crippen molar-refractivity contribution in [1.29, 1.82) is 0 Å². The van der Waals surface area contributed by atoms with E-state index < -0.39 is 6.10 Å². The Kier molecular flexibility index (Phi) is 6.34. The summed E-state index contributed by atoms with van der Waals surface area (Å²) >= 11 is 0. The van der Waals surface area contributed by atoms with Gasteiger partial charge in [0.25, 0.3) is 0 Å². The molecule has 0 heterocycles. The number of aliphatic hydroxyl groups excluding tert-OH is 1. The van der Waals surface area contributed by atoms with Crippen LogP contribution in [0, 0.1) is 18.7 Å². The molecule has 0 aliphatic carbocycles. The lowest BCUT2D eigenvalue weighted by atomic mass is 9.89. The predicted octanol–water partition coefficient (Wildman–Crippen LogP) is 4.77. The van der Waals surface area contributed by atoms with E-state index in [0.717, 1.165) is 24.0 Å². The van der Waals surface area contributed by atoms with Gasteiger partial charge < -0.3 is 5.11 Å². The molecule has 18 heavy (non-hydrogen) atoms. The summed E-state index contributed by atoms with van der Waals surface area (Å²) in [6, 6.07) is 4.63. The molecule has 0 saturated heterocycles. The van der Waals surface area contributed by atoms with Gasteiger partial charge in [0.2, 0.25) is 0 Å². The fourth-order valence-electron chi connectivity index (χ4n) is 2.44. The van der Waals surface area contributed by atoms with E-state index in [-0.39, 0.29) is 5.82 Å². The van der Waals surface area contributed by atoms with Crippen LogP contribution in [0.4, 0.5) is 4.39 Å². The molecule has 1 N–H and O–H groups in total. The van der Waals surface area contributed by atoms with Crippen LogP contribution in [-0.4, -0.2) is 5.11 Å². The Balaban J connectivity index is 2.65. The van der Waals surface area contributed by atoms with Crippen LogP contribution in [0.3, 0.4) is 0 Å². The standard InChI is InChI=1S/C16H25FO/c1-4-6-7-13(5-2)11-16(18)15-9-8-14(17)10-12(15)3/h8-10,13,16,18H,4-7,11H2,1-3H3. The maximum absolute atomic E-state index is 13.0. The van der Waals surface area contributed by atoms with Crippen LogP contribution in [0.1, 0.15) is 63.2 Å². The Hall–Kier alpha value is -0.890. The summed E-state index contributed by atoms with van der Waals surface area (Å²) in [6.45, 7) is 6.21. The third-order valence-electron chi connectivity index (χ3n) is 3.69. The van der Waals surface area contributed by atoms with Gasteiger partial charge in [-0.3, -0.25) is 0 Å². The summed E-state index contributed by atoms with van der Waals surface area (Å²) < 4.78 is 13.0. The Morgan fingerprint density at radius 3 is 2.56 bits per heavy atom. The molecule has 102 valence electrons. The Bertz CT molecular complexity index is 362. The van der Waals surface area contributed by atoms with E-state index >= 15 is 0 Å². The molecular weight excluding hydrogens is 227 g/mol. The van der Waals surface area contributed by atoms with Gasteiger partial charge in [-0.1, -0.05) is 45.6 Å². The number of hydrogen-bond donors (Lipinski definition) is 1. The lowest BCUT2D eigenvalue weighted by molar-refractivity contribution is 0.138. The average molecular weight is 252 g/mol. The zero-order valence-corrected chi connectivity index (χ0v) is 11.7. The number of benzene rings is 1. The summed E-state index contributed by atoms with van der Waals surface area (Å²) in [6.07, 6.45) is 4.99. The van der Waals surface area contributed by atoms with Crippen LogP contribution in [0.15, 0.2) is 18.2 Å². The van der Waals surface area contributed by atoms with Crippen molar-refractivity contribution in [1.82, 2.24) is 0 Å². The zero-order chi connectivity index (χ0) is 13.5. The highest BCUT2D eigenvalue weighted by atomic mass is 19.1. The van der Waals surface area contributed by atoms with Crippen molar-refractivity contribution >= 4 is 0 Å². The Labute approximate surface area is 110 Å². The van der Waals surface area contributed by atoms with E-state index in [4.69, 9.17) is 0 Å². The molecule has 2 atom stereocenters. The summed E-state index contributed by atoms with van der Waals surface area (Å²) in [5.74, 6) is 0.325. The molecule has 2 unspecified atom stereocenters. The molecular formula is C16H25FO. The minimum Gasteiger partial charge on any atom is -0.388 e. The maximum atomic E-state index is 13.0. The quantitative estimate of drug-likeness (QED) is 0.740. The van der Waals surface area contributed by atoms with Gasteiger partial charge in [-0.2, -0.15) is 0 Å². The number of rotatable bonds is 7. The second-order valence-electron chi connectivity index (χ2n) is 5.17. The van der Waals surface area contributed by atoms with E-state index in [1.165, 1.54) is 31.4 Å². The number of hydrogen-bond acceptors (Lipinski definition) is 1. The third kappa shape index (κ3) is 4.41. The van der Waals surface area contributed by atoms with Crippen LogP contribution >= 0.6 is 0 Å². The topological polar surface area (TPSA) is 20.2 Å². The minimum absolute atomic E-state index is 0.235. The monoisotopic (exact) mass is 252 g/mol. The van der Waals surface area contributed by atoms with Gasteiger partial charge in [-0.05, 0) is 42.5 Å². The van der Waals surface area contributed by atoms with Gasteiger partial charge in [0.1, 0.15) is 5.82 Å². The van der Waals surface area contributed by atoms with E-state index in [2.05, 4.69) is 13.8 Å². The molecule has 0 aliphatic rings. The summed E-state index contributed by atoms with van der Waals surface area (Å²) in [5.41, 5.74) is 1.71. The van der Waals surface area contributed by atoms with Crippen molar-refractivity contribution in [3.63, 3.8) is 0 Å². The highest BCUT2D eigenvalue weighted by Crippen LogP contribution is 2.28. The minimum atomic E-state index is -0.465. The van der Waals surface area contributed by atoms with Crippen LogP contribution in [-0.2, 0) is 0 Å². The SMILES string of the molecule is CCCCC(CC)CC(O)c1ccc(F)cc1C. The van der Waals surface area contributed by atoms with Crippen LogP contribution in [0.5, 0.6) is 0 Å². The van der Waals surface area contributed by atoms with E-state index in [0.29, 0.717) is 5.92 Å². The molecule has 1 nitrogen and oxygen atoms in total. The van der Waals surface area contributed by atoms with Gasteiger partial charge in [0.15, 0.2) is 0 Å². The number of aliphatic hydroxyl groups is 1. The van der Waals surface area contributed by atoms with Crippen molar-refractivity contribution in [2.75, 3.05) is 0 Å². The van der Waals surface area contributed by atoms with E-state index in [1.807, 2.05) is 6.92 Å². The van der Waals surface area contributed by atoms with Crippen molar-refractivity contribution in [3.05, 3.63) is 35.1 Å². The smallest absolute Gasteiger partial charge is 0.123 e. The summed E-state index contributed by atoms with van der Waals surface area (Å²) in [5, 5.41) is 10.3. The van der Waals surface area contributed by atoms with Crippen molar-refractivity contribution in [2.24, 2.45) is 5.92 Å². The molecule has 0 saturated carbocycles. The molecule has 0 aromatic heterocycles. The molecule has 0 amide bonds. The maximum Gasteiger partial charge on any atom is 0.123 e. The van der Waals surface area contributed by atoms with Gasteiger partial charge in [-0.15, -0.1) is 0 Å². The van der Waals surface area contributed by atoms with Crippen LogP contribution in [0.25, 0.3) is 0 Å². The summed E-state index contributed by atoms with van der Waals surface area (Å²) in [4.78, 5) is 0. The fourth-order valence-corrected chi connectivity index (χ4v) is 2.44. The molecule has 0 aliphatic heterocycles. The molecule has 0 fully saturated rings. The highest BCUT2D eigenvalue weighted by Gasteiger charge is 2.16. The number of halogens is 1. The first-order valence-corrected chi connectivity index (χ1v) is 7.02. The molecule has 0 radical (unpaired) electrons. The van der Waals surface area contributed by atoms with Crippen molar-refractivity contribution in [2.45, 2.75) is 59.0 Å². The van der Waals surface area contributed by atoms with Crippen molar-refractivity contribution < 1.29 is 9.50 Å². The Morgan fingerprint density at radius 2 is 2.00 bits per heavy atom. The zero-order valence-electron chi connectivity index (χ0n) is 11.7. The van der Waals surface area contributed by atoms with Crippen molar-refractivity contribution in [3.8, 4) is 0 Å². The second kappa shape index (κ2) is 7.52. The van der Waals surface area contributed by atoms with Gasteiger partial charge >= 0.3 is 0 Å². The van der Waals surface area contributed by atoms with E-state index in [9.17, 15) is 9.50 Å². The fraction of sp³-hybridized carbons (Fsp3) is 0.625. The highest BCUT2D eigenvalue weighted by molar-refractivity contribution is 5.28. The molecule has 2 heteroatoms. The second-order valence-corrected chi connectivity index (χ2v) is 5.17. The first kappa shape index (κ1) is 15.2. The molecule has 1 aromatic rings. The van der Waals surface area contributed by atoms with Gasteiger partial charge in [-0.25, -0.2) is 4.39 Å². The van der Waals surface area contributed by atoms with E-state index in [1.54, 1.807) is 6.07 Å². The lowest BCUT2D eigenvalue weighted by Crippen LogP contribution is -2.08. The number of aryl methyl sites for hydroxylation is 1. The number of unbranched alkanes of at least 4 members (excludes halogenated alkanes) is 1. The van der Waals surface area contributed by atoms with Crippen LogP contribution in [0.2, 0.25) is 0 Å². The Morgan fingerprint density at radius 1 is 1.28 bits per heavy atom. The largest absolute Gasteiger partial charge is 0.388 e. The normalized spacial score (nSPS) is 14.5. The third-order valence-corrected chi connectivity index (χ3v) is 3.69. The van der Waals surface area contributed by atoms with Gasteiger partial charge in [0, 0.05) is 0 Å². The molecule has 1 aromatic carbocycles. The molecule has 0 spiro atoms. The molecule has 1 rings (SSSR count). The lowest BCUT2D eigenvalue weighted by Gasteiger charge is -2.20. The first-order valence-electron chi connectivity index (χ1n) is 7.02. The molecule has 0 bridgehead atoms. The van der Waals surface area contributed by atoms with Crippen LogP contribution < -0.4 is 0 Å². The first-order chi connectivity index (χ1) is 8.58. The average Bonchev–Trinajstić information content (AvgIpc) is 2.34. The predicted molar refractivity (Wildman–Crippen MR) is 74.0 cm³/mol. The summed E-state index contributed by atoms with van der Waals surface area (Å²) in [7, 11) is 0.